The van der Waals surface area contributed by atoms with Gasteiger partial charge in [-0.15, -0.1) is 0 Å². The van der Waals surface area contributed by atoms with Gasteiger partial charge in [0.05, 0.1) is 5.92 Å². The summed E-state index contributed by atoms with van der Waals surface area (Å²) < 4.78 is 13.0. The summed E-state index contributed by atoms with van der Waals surface area (Å²) in [5.74, 6) is -1.48. The van der Waals surface area contributed by atoms with Crippen LogP contribution in [0.4, 0.5) is 10.1 Å². The van der Waals surface area contributed by atoms with Crippen LogP contribution in [0.2, 0.25) is 0 Å². The van der Waals surface area contributed by atoms with Crippen LogP contribution in [0.1, 0.15) is 18.9 Å². The second-order valence-electron chi connectivity index (χ2n) is 3.79. The highest BCUT2D eigenvalue weighted by atomic mass is 19.1. The molecule has 1 rings (SSSR count). The third-order valence-corrected chi connectivity index (χ3v) is 2.55. The van der Waals surface area contributed by atoms with Crippen LogP contribution in [0.25, 0.3) is 0 Å². The first-order valence-corrected chi connectivity index (χ1v) is 5.27. The molecule has 0 aliphatic carbocycles. The van der Waals surface area contributed by atoms with E-state index >= 15 is 0 Å². The highest BCUT2D eigenvalue weighted by Crippen LogP contribution is 2.14. The lowest BCUT2D eigenvalue weighted by Crippen LogP contribution is -2.22. The maximum absolute atomic E-state index is 13.0. The largest absolute Gasteiger partial charge is 0.481 e. The van der Waals surface area contributed by atoms with Gasteiger partial charge in [0.1, 0.15) is 5.82 Å². The predicted molar refractivity (Wildman–Crippen MR) is 61.0 cm³/mol. The lowest BCUT2D eigenvalue weighted by molar-refractivity contribution is -0.141. The number of carbonyl (C=O) groups is 1. The third-order valence-electron chi connectivity index (χ3n) is 2.55. The molecule has 0 aliphatic heterocycles. The molecule has 1 unspecified atom stereocenters. The van der Waals surface area contributed by atoms with Crippen LogP contribution in [0.15, 0.2) is 18.2 Å². The van der Waals surface area contributed by atoms with Crippen LogP contribution in [0, 0.1) is 18.7 Å². The average molecular weight is 225 g/mol. The Labute approximate surface area is 94.3 Å². The quantitative estimate of drug-likeness (QED) is 0.810. The van der Waals surface area contributed by atoms with Crippen LogP contribution in [0.5, 0.6) is 0 Å². The highest BCUT2D eigenvalue weighted by molar-refractivity contribution is 5.70. The number of rotatable bonds is 5. The Morgan fingerprint density at radius 2 is 2.25 bits per heavy atom. The van der Waals surface area contributed by atoms with Crippen molar-refractivity contribution < 1.29 is 14.3 Å². The van der Waals surface area contributed by atoms with Crippen LogP contribution in [-0.2, 0) is 4.79 Å². The summed E-state index contributed by atoms with van der Waals surface area (Å²) in [6.45, 7) is 3.86. The van der Waals surface area contributed by atoms with E-state index in [1.807, 2.05) is 6.92 Å². The minimum atomic E-state index is -0.811. The van der Waals surface area contributed by atoms with Gasteiger partial charge >= 0.3 is 5.97 Å². The molecule has 2 N–H and O–H groups in total. The molecule has 88 valence electrons. The number of hydrogen-bond donors (Lipinski definition) is 2. The molecule has 1 aromatic rings. The van der Waals surface area contributed by atoms with Crippen molar-refractivity contribution in [1.29, 1.82) is 0 Å². The van der Waals surface area contributed by atoms with E-state index in [9.17, 15) is 9.18 Å². The standard InChI is InChI=1S/C12H16FNO2/c1-3-9(12(15)16)7-14-10-4-5-11(13)8(2)6-10/h4-6,9,14H,3,7H2,1-2H3,(H,15,16). The van der Waals surface area contributed by atoms with Gasteiger partial charge < -0.3 is 10.4 Å². The fraction of sp³-hybridized carbons (Fsp3) is 0.417. The molecule has 0 aromatic heterocycles. The number of aliphatic carboxylic acids is 1. The van der Waals surface area contributed by atoms with Gasteiger partial charge in [-0.1, -0.05) is 6.92 Å². The lowest BCUT2D eigenvalue weighted by atomic mass is 10.1. The van der Waals surface area contributed by atoms with Gasteiger partial charge in [0, 0.05) is 12.2 Å². The van der Waals surface area contributed by atoms with E-state index < -0.39 is 11.9 Å². The fourth-order valence-corrected chi connectivity index (χ4v) is 1.40. The first kappa shape index (κ1) is 12.5. The van der Waals surface area contributed by atoms with Gasteiger partial charge in [-0.2, -0.15) is 0 Å². The molecule has 1 atom stereocenters. The number of benzene rings is 1. The number of nitrogens with one attached hydrogen (secondary N) is 1. The molecule has 3 nitrogen and oxygen atoms in total. The van der Waals surface area contributed by atoms with Crippen LogP contribution >= 0.6 is 0 Å². The zero-order chi connectivity index (χ0) is 12.1. The van der Waals surface area contributed by atoms with Crippen molar-refractivity contribution >= 4 is 11.7 Å². The summed E-state index contributed by atoms with van der Waals surface area (Å²) in [7, 11) is 0. The Hall–Kier alpha value is -1.58. The van der Waals surface area contributed by atoms with Crippen LogP contribution in [0.3, 0.4) is 0 Å². The van der Waals surface area contributed by atoms with E-state index in [1.54, 1.807) is 19.1 Å². The molecular formula is C12H16FNO2. The van der Waals surface area contributed by atoms with Crippen molar-refractivity contribution in [2.45, 2.75) is 20.3 Å². The van der Waals surface area contributed by atoms with Gasteiger partial charge in [-0.25, -0.2) is 4.39 Å². The topological polar surface area (TPSA) is 49.3 Å². The number of halogens is 1. The second kappa shape index (κ2) is 5.49. The molecule has 4 heteroatoms. The molecule has 0 saturated heterocycles. The molecule has 0 radical (unpaired) electrons. The van der Waals surface area contributed by atoms with Crippen molar-refractivity contribution in [1.82, 2.24) is 0 Å². The van der Waals surface area contributed by atoms with Crippen molar-refractivity contribution in [2.24, 2.45) is 5.92 Å². The molecule has 0 heterocycles. The van der Waals surface area contributed by atoms with E-state index in [0.29, 0.717) is 18.5 Å². The SMILES string of the molecule is CCC(CNc1ccc(F)c(C)c1)C(=O)O. The molecule has 0 saturated carbocycles. The Bertz CT molecular complexity index is 379. The third kappa shape index (κ3) is 3.22. The Kier molecular flexibility index (Phi) is 4.28. The number of aryl methyl sites for hydroxylation is 1. The van der Waals surface area contributed by atoms with Gasteiger partial charge in [0.2, 0.25) is 0 Å². The average Bonchev–Trinajstić information content (AvgIpc) is 2.23. The molecule has 1 aromatic carbocycles. The maximum atomic E-state index is 13.0. The Morgan fingerprint density at radius 1 is 1.56 bits per heavy atom. The zero-order valence-electron chi connectivity index (χ0n) is 9.46. The first-order chi connectivity index (χ1) is 7.54. The van der Waals surface area contributed by atoms with E-state index in [1.165, 1.54) is 6.07 Å². The summed E-state index contributed by atoms with van der Waals surface area (Å²) in [5.41, 5.74) is 1.30. The molecular weight excluding hydrogens is 209 g/mol. The number of hydrogen-bond acceptors (Lipinski definition) is 2. The Balaban J connectivity index is 2.60. The van der Waals surface area contributed by atoms with E-state index in [4.69, 9.17) is 5.11 Å². The lowest BCUT2D eigenvalue weighted by Gasteiger charge is -2.12. The van der Waals surface area contributed by atoms with Gasteiger partial charge in [-0.3, -0.25) is 4.79 Å². The summed E-state index contributed by atoms with van der Waals surface area (Å²) in [5, 5.41) is 11.8. The minimum Gasteiger partial charge on any atom is -0.481 e. The summed E-state index contributed by atoms with van der Waals surface area (Å²) in [4.78, 5) is 10.8. The normalized spacial score (nSPS) is 12.2. The smallest absolute Gasteiger partial charge is 0.308 e. The van der Waals surface area contributed by atoms with Gasteiger partial charge in [-0.05, 0) is 37.1 Å². The highest BCUT2D eigenvalue weighted by Gasteiger charge is 2.14. The van der Waals surface area contributed by atoms with Crippen LogP contribution < -0.4 is 5.32 Å². The molecule has 16 heavy (non-hydrogen) atoms. The minimum absolute atomic E-state index is 0.254. The second-order valence-corrected chi connectivity index (χ2v) is 3.79. The molecule has 0 spiro atoms. The van der Waals surface area contributed by atoms with E-state index in [0.717, 1.165) is 5.69 Å². The zero-order valence-corrected chi connectivity index (χ0v) is 9.46. The summed E-state index contributed by atoms with van der Waals surface area (Å²) >= 11 is 0. The van der Waals surface area contributed by atoms with Crippen molar-refractivity contribution in [3.63, 3.8) is 0 Å². The van der Waals surface area contributed by atoms with Crippen molar-refractivity contribution in [3.8, 4) is 0 Å². The van der Waals surface area contributed by atoms with E-state index in [2.05, 4.69) is 5.32 Å². The summed E-state index contributed by atoms with van der Waals surface area (Å²) in [6.07, 6.45) is 0.572. The van der Waals surface area contributed by atoms with Crippen LogP contribution in [-0.4, -0.2) is 17.6 Å². The summed E-state index contributed by atoms with van der Waals surface area (Å²) in [6, 6.07) is 4.65. The molecule has 0 aliphatic rings. The van der Waals surface area contributed by atoms with E-state index in [-0.39, 0.29) is 5.82 Å². The van der Waals surface area contributed by atoms with Gasteiger partial charge in [0.15, 0.2) is 0 Å². The van der Waals surface area contributed by atoms with Crippen molar-refractivity contribution in [3.05, 3.63) is 29.6 Å². The number of anilines is 1. The Morgan fingerprint density at radius 3 is 2.75 bits per heavy atom. The van der Waals surface area contributed by atoms with Gasteiger partial charge in [0.25, 0.3) is 0 Å². The first-order valence-electron chi connectivity index (χ1n) is 5.27. The number of carboxylic acid groups (broad SMARTS) is 1. The fourth-order valence-electron chi connectivity index (χ4n) is 1.40. The van der Waals surface area contributed by atoms with Crippen molar-refractivity contribution in [2.75, 3.05) is 11.9 Å². The molecule has 0 amide bonds. The molecule has 0 fully saturated rings. The maximum Gasteiger partial charge on any atom is 0.308 e. The monoisotopic (exact) mass is 225 g/mol. The predicted octanol–water partition coefficient (Wildman–Crippen LogP) is 2.66. The molecule has 0 bridgehead atoms. The number of carboxylic acids is 1.